The lowest BCUT2D eigenvalue weighted by atomic mass is 10.2. The minimum absolute atomic E-state index is 0.140. The van der Waals surface area contributed by atoms with Crippen molar-refractivity contribution in [2.45, 2.75) is 13.5 Å². The van der Waals surface area contributed by atoms with Gasteiger partial charge in [-0.2, -0.15) is 0 Å². The largest absolute Gasteiger partial charge is 0.493 e. The summed E-state index contributed by atoms with van der Waals surface area (Å²) < 4.78 is 10.2. The van der Waals surface area contributed by atoms with Crippen LogP contribution in [-0.4, -0.2) is 19.3 Å². The van der Waals surface area contributed by atoms with Crippen LogP contribution in [0.25, 0.3) is 0 Å². The molecule has 0 heterocycles. The lowest BCUT2D eigenvalue weighted by Crippen LogP contribution is -1.90. The van der Waals surface area contributed by atoms with Crippen LogP contribution in [0.15, 0.2) is 48.5 Å². The molecule has 0 spiro atoms. The molecule has 0 atom stereocenters. The molecule has 0 unspecified atom stereocenters. The SMILES string of the molecule is COc1ccc(C)cc1OC.OCc1ccccc1. The maximum atomic E-state index is 8.54. The average Bonchev–Trinajstić information content (AvgIpc) is 2.48. The van der Waals surface area contributed by atoms with E-state index in [-0.39, 0.29) is 6.61 Å². The molecule has 0 saturated carbocycles. The van der Waals surface area contributed by atoms with Gasteiger partial charge in [0.05, 0.1) is 20.8 Å². The van der Waals surface area contributed by atoms with E-state index in [9.17, 15) is 0 Å². The third kappa shape index (κ3) is 5.02. The Kier molecular flexibility index (Phi) is 6.47. The zero-order valence-corrected chi connectivity index (χ0v) is 11.6. The highest BCUT2D eigenvalue weighted by molar-refractivity contribution is 5.42. The summed E-state index contributed by atoms with van der Waals surface area (Å²) in [7, 11) is 3.27. The normalized spacial score (nSPS) is 9.26. The van der Waals surface area contributed by atoms with Gasteiger partial charge in [-0.1, -0.05) is 36.4 Å². The molecule has 0 aliphatic rings. The van der Waals surface area contributed by atoms with Gasteiger partial charge in [0.15, 0.2) is 11.5 Å². The fourth-order valence-electron chi connectivity index (χ4n) is 1.53. The number of methoxy groups -OCH3 is 2. The second-order valence-electron chi connectivity index (χ2n) is 4.00. The minimum Gasteiger partial charge on any atom is -0.493 e. The van der Waals surface area contributed by atoms with Gasteiger partial charge < -0.3 is 14.6 Å². The summed E-state index contributed by atoms with van der Waals surface area (Å²) in [5, 5.41) is 8.54. The third-order valence-corrected chi connectivity index (χ3v) is 2.56. The predicted molar refractivity (Wildman–Crippen MR) is 76.6 cm³/mol. The van der Waals surface area contributed by atoms with Crippen molar-refractivity contribution in [3.05, 3.63) is 59.7 Å². The van der Waals surface area contributed by atoms with Gasteiger partial charge in [-0.3, -0.25) is 0 Å². The molecular weight excluding hydrogens is 240 g/mol. The van der Waals surface area contributed by atoms with Crippen molar-refractivity contribution in [2.24, 2.45) is 0 Å². The Morgan fingerprint density at radius 2 is 1.53 bits per heavy atom. The van der Waals surface area contributed by atoms with E-state index in [1.54, 1.807) is 14.2 Å². The summed E-state index contributed by atoms with van der Waals surface area (Å²) in [4.78, 5) is 0. The number of benzene rings is 2. The molecule has 0 bridgehead atoms. The van der Waals surface area contributed by atoms with Crippen molar-refractivity contribution in [3.8, 4) is 11.5 Å². The fraction of sp³-hybridized carbons (Fsp3) is 0.250. The monoisotopic (exact) mass is 260 g/mol. The quantitative estimate of drug-likeness (QED) is 0.921. The summed E-state index contributed by atoms with van der Waals surface area (Å²) in [6.07, 6.45) is 0. The van der Waals surface area contributed by atoms with E-state index < -0.39 is 0 Å². The summed E-state index contributed by atoms with van der Waals surface area (Å²) in [6, 6.07) is 15.4. The van der Waals surface area contributed by atoms with Crippen LogP contribution in [0.1, 0.15) is 11.1 Å². The molecular formula is C16H20O3. The molecule has 0 amide bonds. The zero-order valence-electron chi connectivity index (χ0n) is 11.6. The van der Waals surface area contributed by atoms with Crippen LogP contribution in [0.2, 0.25) is 0 Å². The van der Waals surface area contributed by atoms with E-state index in [1.165, 1.54) is 5.56 Å². The van der Waals surface area contributed by atoms with Crippen LogP contribution in [-0.2, 0) is 6.61 Å². The first kappa shape index (κ1) is 15.1. The van der Waals surface area contributed by atoms with Crippen molar-refractivity contribution in [1.29, 1.82) is 0 Å². The number of aliphatic hydroxyl groups is 1. The van der Waals surface area contributed by atoms with E-state index in [2.05, 4.69) is 0 Å². The van der Waals surface area contributed by atoms with Gasteiger partial charge in [0.25, 0.3) is 0 Å². The maximum Gasteiger partial charge on any atom is 0.160 e. The molecule has 2 aromatic carbocycles. The minimum atomic E-state index is 0.140. The number of ether oxygens (including phenoxy) is 2. The molecule has 3 heteroatoms. The first-order valence-corrected chi connectivity index (χ1v) is 6.04. The lowest BCUT2D eigenvalue weighted by Gasteiger charge is -2.06. The average molecular weight is 260 g/mol. The molecule has 0 radical (unpaired) electrons. The first-order valence-electron chi connectivity index (χ1n) is 6.04. The summed E-state index contributed by atoms with van der Waals surface area (Å²) in [5.41, 5.74) is 2.13. The Labute approximate surface area is 114 Å². The van der Waals surface area contributed by atoms with Gasteiger partial charge in [-0.05, 0) is 30.2 Å². The molecule has 3 nitrogen and oxygen atoms in total. The van der Waals surface area contributed by atoms with Crippen molar-refractivity contribution in [3.63, 3.8) is 0 Å². The lowest BCUT2D eigenvalue weighted by molar-refractivity contribution is 0.282. The summed E-state index contributed by atoms with van der Waals surface area (Å²) in [5.74, 6) is 1.56. The molecule has 2 aromatic rings. The summed E-state index contributed by atoms with van der Waals surface area (Å²) >= 11 is 0. The van der Waals surface area contributed by atoms with Gasteiger partial charge >= 0.3 is 0 Å². The highest BCUT2D eigenvalue weighted by Gasteiger charge is 2.00. The van der Waals surface area contributed by atoms with Crippen LogP contribution in [0.5, 0.6) is 11.5 Å². The molecule has 102 valence electrons. The third-order valence-electron chi connectivity index (χ3n) is 2.56. The Bertz CT molecular complexity index is 481. The van der Waals surface area contributed by atoms with E-state index in [0.717, 1.165) is 17.1 Å². The Balaban J connectivity index is 0.000000200. The van der Waals surface area contributed by atoms with Crippen LogP contribution in [0.3, 0.4) is 0 Å². The maximum absolute atomic E-state index is 8.54. The van der Waals surface area contributed by atoms with Crippen LogP contribution < -0.4 is 9.47 Å². The van der Waals surface area contributed by atoms with Crippen molar-refractivity contribution < 1.29 is 14.6 Å². The zero-order chi connectivity index (χ0) is 14.1. The Morgan fingerprint density at radius 3 is 2.00 bits per heavy atom. The van der Waals surface area contributed by atoms with Crippen molar-refractivity contribution in [1.82, 2.24) is 0 Å². The molecule has 1 N–H and O–H groups in total. The van der Waals surface area contributed by atoms with E-state index in [1.807, 2.05) is 55.5 Å². The molecule has 2 rings (SSSR count). The number of rotatable bonds is 3. The van der Waals surface area contributed by atoms with Crippen LogP contribution in [0, 0.1) is 6.92 Å². The van der Waals surface area contributed by atoms with Gasteiger partial charge in [-0.15, -0.1) is 0 Å². The van der Waals surface area contributed by atoms with Gasteiger partial charge in [0.2, 0.25) is 0 Å². The predicted octanol–water partition coefficient (Wildman–Crippen LogP) is 3.19. The molecule has 0 saturated heterocycles. The van der Waals surface area contributed by atoms with Gasteiger partial charge in [0.1, 0.15) is 0 Å². The second-order valence-corrected chi connectivity index (χ2v) is 4.00. The number of hydrogen-bond acceptors (Lipinski definition) is 3. The molecule has 19 heavy (non-hydrogen) atoms. The number of aryl methyl sites for hydroxylation is 1. The van der Waals surface area contributed by atoms with Crippen LogP contribution >= 0.6 is 0 Å². The Morgan fingerprint density at radius 1 is 0.895 bits per heavy atom. The molecule has 0 fully saturated rings. The van der Waals surface area contributed by atoms with Crippen LogP contribution in [0.4, 0.5) is 0 Å². The number of hydrogen-bond donors (Lipinski definition) is 1. The molecule has 0 aliphatic carbocycles. The molecule has 0 aromatic heterocycles. The number of aliphatic hydroxyl groups excluding tert-OH is 1. The standard InChI is InChI=1S/C9H12O2.C7H8O/c1-7-4-5-8(10-2)9(6-7)11-3;8-6-7-4-2-1-3-5-7/h4-6H,1-3H3;1-5,8H,6H2. The van der Waals surface area contributed by atoms with E-state index >= 15 is 0 Å². The molecule has 0 aliphatic heterocycles. The van der Waals surface area contributed by atoms with Gasteiger partial charge in [-0.25, -0.2) is 0 Å². The highest BCUT2D eigenvalue weighted by atomic mass is 16.5. The van der Waals surface area contributed by atoms with E-state index in [0.29, 0.717) is 0 Å². The topological polar surface area (TPSA) is 38.7 Å². The first-order chi connectivity index (χ1) is 9.21. The second kappa shape index (κ2) is 8.16. The van der Waals surface area contributed by atoms with Gasteiger partial charge in [0, 0.05) is 0 Å². The summed E-state index contributed by atoms with van der Waals surface area (Å²) in [6.45, 7) is 2.16. The van der Waals surface area contributed by atoms with E-state index in [4.69, 9.17) is 14.6 Å². The fourth-order valence-corrected chi connectivity index (χ4v) is 1.53. The Hall–Kier alpha value is -2.00. The van der Waals surface area contributed by atoms with Crippen molar-refractivity contribution in [2.75, 3.05) is 14.2 Å². The smallest absolute Gasteiger partial charge is 0.160 e. The highest BCUT2D eigenvalue weighted by Crippen LogP contribution is 2.26. The van der Waals surface area contributed by atoms with Crippen molar-refractivity contribution >= 4 is 0 Å².